The molecule has 0 aromatic heterocycles. The Kier molecular flexibility index (Phi) is 7.31. The molecule has 1 rings (SSSR count). The summed E-state index contributed by atoms with van der Waals surface area (Å²) in [5, 5.41) is 0. The number of hydrogen-bond donors (Lipinski definition) is 5. The van der Waals surface area contributed by atoms with Crippen molar-refractivity contribution in [3.63, 3.8) is 0 Å². The maximum Gasteiger partial charge on any atom is 0.466 e. The van der Waals surface area contributed by atoms with E-state index in [1.165, 1.54) is 0 Å². The second-order valence-electron chi connectivity index (χ2n) is 2.38. The summed E-state index contributed by atoms with van der Waals surface area (Å²) >= 11 is 10.1. The molecule has 0 saturated heterocycles. The minimum absolute atomic E-state index is 0.847. The summed E-state index contributed by atoms with van der Waals surface area (Å²) in [7, 11) is -4.64. The van der Waals surface area contributed by atoms with Crippen molar-refractivity contribution in [3.05, 3.63) is 25.6 Å². The highest BCUT2D eigenvalue weighted by atomic mass is 79.9. The summed E-state index contributed by atoms with van der Waals surface area (Å²) in [6.07, 6.45) is 0. The Morgan fingerprint density at radius 2 is 1.56 bits per heavy atom. The molecule has 1 aromatic carbocycles. The van der Waals surface area contributed by atoms with Crippen molar-refractivity contribution in [2.24, 2.45) is 5.84 Å². The quantitative estimate of drug-likeness (QED) is 0.197. The predicted octanol–water partition coefficient (Wildman–Crippen LogP) is 2.33. The molecular formula is C6H8Br3N2O4P. The minimum atomic E-state index is -4.64. The van der Waals surface area contributed by atoms with Crippen LogP contribution >= 0.6 is 55.6 Å². The Morgan fingerprint density at radius 1 is 1.12 bits per heavy atom. The topological polar surface area (TPSA) is 116 Å². The lowest BCUT2D eigenvalue weighted by Gasteiger charge is -2.05. The third kappa shape index (κ3) is 6.97. The van der Waals surface area contributed by atoms with E-state index < -0.39 is 7.82 Å². The maximum absolute atomic E-state index is 8.88. The van der Waals surface area contributed by atoms with Crippen LogP contribution in [-0.4, -0.2) is 14.7 Å². The highest BCUT2D eigenvalue weighted by molar-refractivity contribution is 9.14. The smallest absolute Gasteiger partial charge is 0.323 e. The number of nitrogens with one attached hydrogen (secondary N) is 1. The molecule has 1 aromatic rings. The van der Waals surface area contributed by atoms with Gasteiger partial charge in [-0.15, -0.1) is 0 Å². The Bertz CT molecular complexity index is 403. The summed E-state index contributed by atoms with van der Waals surface area (Å²) in [4.78, 5) is 21.6. The third-order valence-electron chi connectivity index (χ3n) is 1.19. The summed E-state index contributed by atoms with van der Waals surface area (Å²) in [6, 6.07) is 3.78. The van der Waals surface area contributed by atoms with Gasteiger partial charge in [-0.1, -0.05) is 0 Å². The number of hydrogen-bond acceptors (Lipinski definition) is 3. The first-order chi connectivity index (χ1) is 7.16. The second-order valence-corrected chi connectivity index (χ2v) is 5.85. The molecule has 0 aliphatic carbocycles. The zero-order valence-corrected chi connectivity index (χ0v) is 13.2. The molecule has 0 saturated carbocycles. The number of benzene rings is 1. The zero-order chi connectivity index (χ0) is 12.9. The average molecular weight is 443 g/mol. The molecule has 92 valence electrons. The van der Waals surface area contributed by atoms with Gasteiger partial charge < -0.3 is 20.1 Å². The van der Waals surface area contributed by atoms with Crippen molar-refractivity contribution in [2.75, 3.05) is 5.43 Å². The molecule has 0 spiro atoms. The van der Waals surface area contributed by atoms with Gasteiger partial charge in [-0.05, 0) is 59.9 Å². The van der Waals surface area contributed by atoms with Crippen molar-refractivity contribution in [3.8, 4) is 0 Å². The normalized spacial score (nSPS) is 10.4. The molecule has 10 heteroatoms. The lowest BCUT2D eigenvalue weighted by molar-refractivity contribution is 0.275. The van der Waals surface area contributed by atoms with Gasteiger partial charge in [0.15, 0.2) is 0 Å². The van der Waals surface area contributed by atoms with E-state index in [0.29, 0.717) is 0 Å². The van der Waals surface area contributed by atoms with E-state index in [2.05, 4.69) is 53.2 Å². The minimum Gasteiger partial charge on any atom is -0.323 e. The van der Waals surface area contributed by atoms with Gasteiger partial charge >= 0.3 is 7.82 Å². The number of rotatable bonds is 1. The molecule has 6 N–H and O–H groups in total. The van der Waals surface area contributed by atoms with Crippen molar-refractivity contribution < 1.29 is 19.2 Å². The fourth-order valence-corrected chi connectivity index (χ4v) is 2.04. The van der Waals surface area contributed by atoms with Crippen LogP contribution in [0.2, 0.25) is 0 Å². The molecule has 0 fully saturated rings. The first-order valence-corrected chi connectivity index (χ1v) is 7.49. The molecule has 0 amide bonds. The van der Waals surface area contributed by atoms with Crippen LogP contribution in [0.15, 0.2) is 25.6 Å². The monoisotopic (exact) mass is 440 g/mol. The van der Waals surface area contributed by atoms with E-state index in [1.54, 1.807) is 0 Å². The molecule has 0 bridgehead atoms. The Labute approximate surface area is 117 Å². The largest absolute Gasteiger partial charge is 0.466 e. The summed E-state index contributed by atoms with van der Waals surface area (Å²) < 4.78 is 11.7. The van der Waals surface area contributed by atoms with Crippen LogP contribution in [0.3, 0.4) is 0 Å². The molecule has 0 aliphatic heterocycles. The van der Waals surface area contributed by atoms with Crippen molar-refractivity contribution in [1.82, 2.24) is 0 Å². The lowest BCUT2D eigenvalue weighted by atomic mass is 10.3. The van der Waals surface area contributed by atoms with E-state index in [4.69, 9.17) is 25.1 Å². The van der Waals surface area contributed by atoms with Crippen LogP contribution in [0, 0.1) is 0 Å². The van der Waals surface area contributed by atoms with Gasteiger partial charge in [0.2, 0.25) is 0 Å². The number of nitrogen functional groups attached to an aromatic ring is 1. The van der Waals surface area contributed by atoms with Gasteiger partial charge in [0, 0.05) is 8.95 Å². The second kappa shape index (κ2) is 7.07. The fourth-order valence-electron chi connectivity index (χ4n) is 0.637. The molecule has 0 unspecified atom stereocenters. The van der Waals surface area contributed by atoms with Gasteiger partial charge in [0.05, 0.1) is 10.2 Å². The molecule has 0 heterocycles. The number of halogens is 3. The van der Waals surface area contributed by atoms with Crippen LogP contribution in [0.1, 0.15) is 0 Å². The summed E-state index contributed by atoms with van der Waals surface area (Å²) in [5.74, 6) is 5.25. The van der Waals surface area contributed by atoms with E-state index in [0.717, 1.165) is 19.1 Å². The maximum atomic E-state index is 8.88. The van der Waals surface area contributed by atoms with Crippen molar-refractivity contribution in [1.29, 1.82) is 0 Å². The molecular weight excluding hydrogens is 435 g/mol. The van der Waals surface area contributed by atoms with Gasteiger partial charge in [-0.25, -0.2) is 4.57 Å². The van der Waals surface area contributed by atoms with Crippen molar-refractivity contribution in [2.45, 2.75) is 0 Å². The standard InChI is InChI=1S/C6H5Br3N2.H3O4P/c7-3-1-2-4(11-10)6(9)5(3)8;1-5(2,3)4/h1-2,11H,10H2;(H3,1,2,3,4). The summed E-state index contributed by atoms with van der Waals surface area (Å²) in [6.45, 7) is 0. The van der Waals surface area contributed by atoms with Gasteiger partial charge in [-0.3, -0.25) is 5.84 Å². The average Bonchev–Trinajstić information content (AvgIpc) is 2.12. The number of hydrazine groups is 1. The Hall–Kier alpha value is 0.530. The van der Waals surface area contributed by atoms with E-state index >= 15 is 0 Å². The predicted molar refractivity (Wildman–Crippen MR) is 71.6 cm³/mol. The molecule has 0 radical (unpaired) electrons. The Morgan fingerprint density at radius 3 is 1.94 bits per heavy atom. The first kappa shape index (κ1) is 16.5. The summed E-state index contributed by atoms with van der Waals surface area (Å²) in [5.41, 5.74) is 3.41. The highest BCUT2D eigenvalue weighted by Crippen LogP contribution is 2.35. The number of anilines is 1. The Balaban J connectivity index is 0.000000385. The highest BCUT2D eigenvalue weighted by Gasteiger charge is 2.05. The fraction of sp³-hybridized carbons (Fsp3) is 0. The third-order valence-corrected chi connectivity index (χ3v) is 4.56. The van der Waals surface area contributed by atoms with E-state index in [9.17, 15) is 0 Å². The van der Waals surface area contributed by atoms with Gasteiger partial charge in [-0.2, -0.15) is 0 Å². The molecule has 6 nitrogen and oxygen atoms in total. The van der Waals surface area contributed by atoms with Crippen LogP contribution in [0.5, 0.6) is 0 Å². The van der Waals surface area contributed by atoms with Gasteiger partial charge in [0.1, 0.15) is 0 Å². The molecule has 0 atom stereocenters. The zero-order valence-electron chi connectivity index (χ0n) is 7.56. The van der Waals surface area contributed by atoms with Crippen LogP contribution in [0.4, 0.5) is 5.69 Å². The number of nitrogens with two attached hydrogens (primary N) is 1. The van der Waals surface area contributed by atoms with Crippen LogP contribution in [0.25, 0.3) is 0 Å². The van der Waals surface area contributed by atoms with Crippen LogP contribution in [-0.2, 0) is 4.57 Å². The first-order valence-electron chi connectivity index (χ1n) is 3.55. The van der Waals surface area contributed by atoms with Crippen LogP contribution < -0.4 is 11.3 Å². The van der Waals surface area contributed by atoms with E-state index in [-0.39, 0.29) is 0 Å². The SMILES string of the molecule is NNc1ccc(Br)c(Br)c1Br.O=P(O)(O)O. The lowest BCUT2D eigenvalue weighted by Crippen LogP contribution is -2.07. The number of phosphoric acid groups is 1. The molecule has 16 heavy (non-hydrogen) atoms. The molecule has 0 aliphatic rings. The van der Waals surface area contributed by atoms with Gasteiger partial charge in [0.25, 0.3) is 0 Å². The van der Waals surface area contributed by atoms with Crippen molar-refractivity contribution >= 4 is 61.3 Å². The van der Waals surface area contributed by atoms with E-state index in [1.807, 2.05) is 12.1 Å².